The zero-order chi connectivity index (χ0) is 17.5. The van der Waals surface area contributed by atoms with E-state index < -0.39 is 17.9 Å². The number of nitrogens with one attached hydrogen (secondary N) is 1. The number of rotatable bonds is 8. The Morgan fingerprint density at radius 1 is 1.21 bits per heavy atom. The summed E-state index contributed by atoms with van der Waals surface area (Å²) in [5, 5.41) is 15.3. The van der Waals surface area contributed by atoms with Crippen molar-refractivity contribution in [3.05, 3.63) is 54.0 Å². The number of carboxylic acid groups (broad SMARTS) is 1. The maximum atomic E-state index is 12.0. The average molecular weight is 330 g/mol. The Kier molecular flexibility index (Phi) is 5.86. The molecular formula is C17H18N2O5. The number of hydrogen-bond acceptors (Lipinski definition) is 5. The number of hydrogen-bond donors (Lipinski definition) is 2. The number of amides is 1. The first-order valence-electron chi connectivity index (χ1n) is 7.43. The van der Waals surface area contributed by atoms with Crippen LogP contribution in [0.3, 0.4) is 0 Å². The molecule has 7 heteroatoms. The minimum absolute atomic E-state index is 0.0718. The molecule has 1 heterocycles. The van der Waals surface area contributed by atoms with Crippen LogP contribution in [0.15, 0.2) is 47.1 Å². The lowest BCUT2D eigenvalue weighted by atomic mass is 10.1. The van der Waals surface area contributed by atoms with Gasteiger partial charge in [-0.2, -0.15) is 0 Å². The van der Waals surface area contributed by atoms with E-state index in [1.165, 1.54) is 18.5 Å². The fraction of sp³-hybridized carbons (Fsp3) is 0.235. The lowest BCUT2D eigenvalue weighted by molar-refractivity contribution is -0.698. The highest BCUT2D eigenvalue weighted by Gasteiger charge is 2.19. The van der Waals surface area contributed by atoms with Crippen molar-refractivity contribution in [2.75, 3.05) is 5.32 Å². The molecule has 0 bridgehead atoms. The lowest BCUT2D eigenvalue weighted by Gasteiger charge is -2.15. The maximum absolute atomic E-state index is 12.0. The van der Waals surface area contributed by atoms with Crippen LogP contribution in [0.4, 0.5) is 5.69 Å². The third kappa shape index (κ3) is 5.06. The zero-order valence-corrected chi connectivity index (χ0v) is 13.2. The molecule has 1 unspecified atom stereocenters. The van der Waals surface area contributed by atoms with Crippen LogP contribution in [0.2, 0.25) is 0 Å². The summed E-state index contributed by atoms with van der Waals surface area (Å²) in [6, 6.07) is 8.78. The smallest absolute Gasteiger partial charge is 0.230 e. The molecule has 24 heavy (non-hydrogen) atoms. The van der Waals surface area contributed by atoms with Crippen LogP contribution < -0.4 is 15.7 Å². The number of aliphatic carboxylic acids is 1. The van der Waals surface area contributed by atoms with Gasteiger partial charge in [0.1, 0.15) is 12.6 Å². The number of Topliss-reactive ketones (excluding diaryl/α,β-unsaturated/α-hetero) is 1. The molecule has 1 amide bonds. The van der Waals surface area contributed by atoms with E-state index in [1.54, 1.807) is 36.4 Å². The van der Waals surface area contributed by atoms with Gasteiger partial charge in [-0.1, -0.05) is 0 Å². The Labute approximate surface area is 138 Å². The third-order valence-electron chi connectivity index (χ3n) is 3.47. The van der Waals surface area contributed by atoms with Crippen molar-refractivity contribution in [2.45, 2.75) is 25.9 Å². The second-order valence-electron chi connectivity index (χ2n) is 5.33. The first kappa shape index (κ1) is 17.4. The van der Waals surface area contributed by atoms with Crippen molar-refractivity contribution < 1.29 is 29.2 Å². The van der Waals surface area contributed by atoms with E-state index >= 15 is 0 Å². The molecule has 3 N–H and O–H groups in total. The fourth-order valence-corrected chi connectivity index (χ4v) is 2.15. The molecule has 1 atom stereocenters. The number of furan rings is 1. The van der Waals surface area contributed by atoms with Crippen molar-refractivity contribution in [3.63, 3.8) is 0 Å². The molecule has 0 aliphatic carbocycles. The van der Waals surface area contributed by atoms with E-state index in [-0.39, 0.29) is 12.2 Å². The van der Waals surface area contributed by atoms with Crippen LogP contribution in [-0.2, 0) is 16.1 Å². The fourth-order valence-electron chi connectivity index (χ4n) is 2.15. The molecule has 2 aromatic rings. The van der Waals surface area contributed by atoms with Crippen LogP contribution >= 0.6 is 0 Å². The maximum Gasteiger partial charge on any atom is 0.230 e. The van der Waals surface area contributed by atoms with Crippen molar-refractivity contribution in [2.24, 2.45) is 0 Å². The highest BCUT2D eigenvalue weighted by atomic mass is 16.4. The SMILES string of the molecule is CC(=O)c1ccc(NC(=O)CC([NH2+]Cc2ccco2)C(=O)[O-])cc1. The Hall–Kier alpha value is -2.93. The summed E-state index contributed by atoms with van der Waals surface area (Å²) in [7, 11) is 0. The summed E-state index contributed by atoms with van der Waals surface area (Å²) in [4.78, 5) is 34.4. The first-order valence-corrected chi connectivity index (χ1v) is 7.43. The van der Waals surface area contributed by atoms with Gasteiger partial charge in [0, 0.05) is 11.3 Å². The highest BCUT2D eigenvalue weighted by Crippen LogP contribution is 2.10. The number of benzene rings is 1. The predicted octanol–water partition coefficient (Wildman–Crippen LogP) is -0.307. The van der Waals surface area contributed by atoms with Gasteiger partial charge in [-0.05, 0) is 43.3 Å². The first-order chi connectivity index (χ1) is 11.5. The molecule has 7 nitrogen and oxygen atoms in total. The molecular weight excluding hydrogens is 312 g/mol. The second kappa shape index (κ2) is 8.07. The number of ketones is 1. The summed E-state index contributed by atoms with van der Waals surface area (Å²) in [5.41, 5.74) is 1.03. The number of carboxylic acids is 1. The number of carbonyl (C=O) groups is 3. The average Bonchev–Trinajstić information content (AvgIpc) is 3.05. The molecule has 1 aromatic heterocycles. The molecule has 2 rings (SSSR count). The summed E-state index contributed by atoms with van der Waals surface area (Å²) < 4.78 is 5.12. The van der Waals surface area contributed by atoms with Crippen LogP contribution in [0.5, 0.6) is 0 Å². The summed E-state index contributed by atoms with van der Waals surface area (Å²) in [6.45, 7) is 1.75. The quantitative estimate of drug-likeness (QED) is 0.644. The van der Waals surface area contributed by atoms with E-state index in [4.69, 9.17) is 4.42 Å². The molecule has 0 spiro atoms. The van der Waals surface area contributed by atoms with Gasteiger partial charge in [0.25, 0.3) is 0 Å². The van der Waals surface area contributed by atoms with E-state index in [0.29, 0.717) is 23.6 Å². The summed E-state index contributed by atoms with van der Waals surface area (Å²) >= 11 is 0. The normalized spacial score (nSPS) is 11.7. The standard InChI is InChI=1S/C17H18N2O5/c1-11(20)12-4-6-13(7-5-12)19-16(21)9-15(17(22)23)18-10-14-3-2-8-24-14/h2-8,15,18H,9-10H2,1H3,(H,19,21)(H,22,23). The zero-order valence-electron chi connectivity index (χ0n) is 13.2. The molecule has 1 aromatic carbocycles. The van der Waals surface area contributed by atoms with Crippen molar-refractivity contribution >= 4 is 23.3 Å². The molecule has 0 saturated heterocycles. The second-order valence-corrected chi connectivity index (χ2v) is 5.33. The number of quaternary nitrogens is 1. The number of carbonyl (C=O) groups excluding carboxylic acids is 3. The Balaban J connectivity index is 1.90. The van der Waals surface area contributed by atoms with E-state index in [9.17, 15) is 19.5 Å². The number of anilines is 1. The van der Waals surface area contributed by atoms with Gasteiger partial charge in [-0.15, -0.1) is 0 Å². The Morgan fingerprint density at radius 2 is 1.92 bits per heavy atom. The van der Waals surface area contributed by atoms with E-state index in [2.05, 4.69) is 5.32 Å². The molecule has 0 fully saturated rings. The van der Waals surface area contributed by atoms with Gasteiger partial charge < -0.3 is 25.0 Å². The molecule has 126 valence electrons. The summed E-state index contributed by atoms with van der Waals surface area (Å²) in [5.74, 6) is -1.22. The van der Waals surface area contributed by atoms with E-state index in [0.717, 1.165) is 0 Å². The lowest BCUT2D eigenvalue weighted by Crippen LogP contribution is -2.92. The van der Waals surface area contributed by atoms with E-state index in [1.807, 2.05) is 0 Å². The third-order valence-corrected chi connectivity index (χ3v) is 3.47. The van der Waals surface area contributed by atoms with Crippen LogP contribution in [0.1, 0.15) is 29.5 Å². The van der Waals surface area contributed by atoms with Gasteiger partial charge in [0.2, 0.25) is 5.91 Å². The molecule has 0 radical (unpaired) electrons. The van der Waals surface area contributed by atoms with Crippen LogP contribution in [-0.4, -0.2) is 23.7 Å². The number of nitrogens with two attached hydrogens (primary N) is 1. The Morgan fingerprint density at radius 3 is 2.46 bits per heavy atom. The van der Waals surface area contributed by atoms with Crippen LogP contribution in [0, 0.1) is 0 Å². The van der Waals surface area contributed by atoms with Gasteiger partial charge >= 0.3 is 0 Å². The largest absolute Gasteiger partial charge is 0.544 e. The van der Waals surface area contributed by atoms with Gasteiger partial charge in [0.15, 0.2) is 11.5 Å². The molecule has 0 saturated carbocycles. The van der Waals surface area contributed by atoms with Crippen LogP contribution in [0.25, 0.3) is 0 Å². The minimum atomic E-state index is -1.32. The minimum Gasteiger partial charge on any atom is -0.544 e. The summed E-state index contributed by atoms with van der Waals surface area (Å²) in [6.07, 6.45) is 1.26. The highest BCUT2D eigenvalue weighted by molar-refractivity contribution is 5.96. The van der Waals surface area contributed by atoms with Crippen molar-refractivity contribution in [3.8, 4) is 0 Å². The Bertz CT molecular complexity index is 707. The molecule has 0 aliphatic rings. The predicted molar refractivity (Wildman–Crippen MR) is 82.8 cm³/mol. The topological polar surface area (TPSA) is 116 Å². The van der Waals surface area contributed by atoms with Gasteiger partial charge in [-0.25, -0.2) is 0 Å². The van der Waals surface area contributed by atoms with Gasteiger partial charge in [-0.3, -0.25) is 9.59 Å². The van der Waals surface area contributed by atoms with Crippen molar-refractivity contribution in [1.29, 1.82) is 0 Å². The monoisotopic (exact) mass is 330 g/mol. The van der Waals surface area contributed by atoms with Crippen molar-refractivity contribution in [1.82, 2.24) is 0 Å². The molecule has 0 aliphatic heterocycles. The van der Waals surface area contributed by atoms with Gasteiger partial charge in [0.05, 0.1) is 18.7 Å².